The lowest BCUT2D eigenvalue weighted by Gasteiger charge is -2.27. The van der Waals surface area contributed by atoms with Crippen LogP contribution in [0.15, 0.2) is 42.7 Å². The topological polar surface area (TPSA) is 41.3 Å². The summed E-state index contributed by atoms with van der Waals surface area (Å²) in [6.07, 6.45) is 6.78. The largest absolute Gasteiger partial charge is 0.389 e. The van der Waals surface area contributed by atoms with E-state index in [0.29, 0.717) is 13.1 Å². The molecule has 0 bridgehead atoms. The summed E-state index contributed by atoms with van der Waals surface area (Å²) in [5, 5.41) is 14.4. The molecule has 1 aromatic heterocycles. The number of rotatable bonds is 4. The van der Waals surface area contributed by atoms with E-state index in [1.165, 1.54) is 24.1 Å². The standard InChI is InChI=1S/C16H21N3O/c20-15(13-19-11-5-9-17-19)12-18-10-4-3-7-14-6-1-2-8-16(14)18/h1-2,5-6,8-9,11,15,20H,3-4,7,10,12-13H2/t15-/m0/s1. The van der Waals surface area contributed by atoms with Crippen molar-refractivity contribution in [2.45, 2.75) is 31.9 Å². The fourth-order valence-electron chi connectivity index (χ4n) is 2.90. The van der Waals surface area contributed by atoms with Crippen LogP contribution in [-0.4, -0.2) is 34.1 Å². The molecule has 1 atom stereocenters. The van der Waals surface area contributed by atoms with Crippen LogP contribution in [0.2, 0.25) is 0 Å². The van der Waals surface area contributed by atoms with E-state index in [1.54, 1.807) is 10.9 Å². The Kier molecular flexibility index (Phi) is 4.02. The van der Waals surface area contributed by atoms with Crippen LogP contribution in [0.1, 0.15) is 18.4 Å². The van der Waals surface area contributed by atoms with E-state index in [-0.39, 0.29) is 0 Å². The van der Waals surface area contributed by atoms with Gasteiger partial charge in [-0.1, -0.05) is 18.2 Å². The summed E-state index contributed by atoms with van der Waals surface area (Å²) in [7, 11) is 0. The molecule has 106 valence electrons. The average Bonchev–Trinajstić information content (AvgIpc) is 2.87. The first-order chi connectivity index (χ1) is 9.83. The number of aryl methyl sites for hydroxylation is 1. The van der Waals surface area contributed by atoms with Crippen LogP contribution in [0.25, 0.3) is 0 Å². The first-order valence-corrected chi connectivity index (χ1v) is 7.31. The number of para-hydroxylation sites is 1. The van der Waals surface area contributed by atoms with E-state index in [1.807, 2.05) is 12.3 Å². The SMILES string of the molecule is O[C@@H](CN1CCCCc2ccccc21)Cn1cccn1. The molecule has 0 amide bonds. The van der Waals surface area contributed by atoms with Gasteiger partial charge in [0.1, 0.15) is 0 Å². The fraction of sp³-hybridized carbons (Fsp3) is 0.438. The molecule has 20 heavy (non-hydrogen) atoms. The third-order valence-corrected chi connectivity index (χ3v) is 3.84. The maximum atomic E-state index is 10.3. The molecular weight excluding hydrogens is 250 g/mol. The second kappa shape index (κ2) is 6.09. The molecule has 0 unspecified atom stereocenters. The van der Waals surface area contributed by atoms with Crippen LogP contribution in [0.3, 0.4) is 0 Å². The number of hydrogen-bond donors (Lipinski definition) is 1. The summed E-state index contributed by atoms with van der Waals surface area (Å²) < 4.78 is 1.79. The van der Waals surface area contributed by atoms with Crippen molar-refractivity contribution in [3.63, 3.8) is 0 Å². The monoisotopic (exact) mass is 271 g/mol. The van der Waals surface area contributed by atoms with E-state index >= 15 is 0 Å². The lowest BCUT2D eigenvalue weighted by molar-refractivity contribution is 0.154. The Morgan fingerprint density at radius 1 is 1.15 bits per heavy atom. The van der Waals surface area contributed by atoms with Gasteiger partial charge in [-0.2, -0.15) is 5.10 Å². The number of hydrogen-bond acceptors (Lipinski definition) is 3. The summed E-state index contributed by atoms with van der Waals surface area (Å²) in [6, 6.07) is 10.4. The van der Waals surface area contributed by atoms with E-state index in [4.69, 9.17) is 0 Å². The number of benzene rings is 1. The first kappa shape index (κ1) is 13.2. The lowest BCUT2D eigenvalue weighted by atomic mass is 10.1. The Hall–Kier alpha value is -1.81. The highest BCUT2D eigenvalue weighted by atomic mass is 16.3. The Morgan fingerprint density at radius 3 is 2.90 bits per heavy atom. The molecule has 0 saturated carbocycles. The van der Waals surface area contributed by atoms with Crippen LogP contribution in [0.5, 0.6) is 0 Å². The molecule has 0 spiro atoms. The summed E-state index contributed by atoms with van der Waals surface area (Å²) in [5.74, 6) is 0. The highest BCUT2D eigenvalue weighted by Crippen LogP contribution is 2.26. The zero-order valence-corrected chi connectivity index (χ0v) is 11.7. The first-order valence-electron chi connectivity index (χ1n) is 7.31. The maximum Gasteiger partial charge on any atom is 0.0910 e. The van der Waals surface area contributed by atoms with Crippen molar-refractivity contribution >= 4 is 5.69 Å². The summed E-state index contributed by atoms with van der Waals surface area (Å²) in [6.45, 7) is 2.23. The van der Waals surface area contributed by atoms with E-state index in [9.17, 15) is 5.11 Å². The summed E-state index contributed by atoms with van der Waals surface area (Å²) in [4.78, 5) is 2.32. The molecule has 1 aliphatic heterocycles. The summed E-state index contributed by atoms with van der Waals surface area (Å²) >= 11 is 0. The highest BCUT2D eigenvalue weighted by molar-refractivity contribution is 5.54. The number of β-amino-alcohol motifs (C(OH)–C–C–N with tert-alkyl or cyclic N) is 1. The van der Waals surface area contributed by atoms with Crippen LogP contribution >= 0.6 is 0 Å². The fourth-order valence-corrected chi connectivity index (χ4v) is 2.90. The molecule has 1 aromatic carbocycles. The second-order valence-electron chi connectivity index (χ2n) is 5.41. The molecule has 4 heteroatoms. The van der Waals surface area contributed by atoms with Crippen molar-refractivity contribution in [2.24, 2.45) is 0 Å². The average molecular weight is 271 g/mol. The molecule has 1 aliphatic rings. The quantitative estimate of drug-likeness (QED) is 0.925. The van der Waals surface area contributed by atoms with Gasteiger partial charge in [-0.3, -0.25) is 4.68 Å². The Bertz CT molecular complexity index is 538. The van der Waals surface area contributed by atoms with Gasteiger partial charge in [-0.25, -0.2) is 0 Å². The molecule has 3 rings (SSSR count). The number of aliphatic hydroxyl groups is 1. The van der Waals surface area contributed by atoms with Crippen molar-refractivity contribution in [1.29, 1.82) is 0 Å². The predicted octanol–water partition coefficient (Wildman–Crippen LogP) is 2.09. The number of fused-ring (bicyclic) bond motifs is 1. The Balaban J connectivity index is 1.70. The zero-order valence-electron chi connectivity index (χ0n) is 11.7. The summed E-state index contributed by atoms with van der Waals surface area (Å²) in [5.41, 5.74) is 2.68. The molecule has 4 nitrogen and oxygen atoms in total. The van der Waals surface area contributed by atoms with Crippen LogP contribution < -0.4 is 4.90 Å². The van der Waals surface area contributed by atoms with Gasteiger partial charge in [0, 0.05) is 31.2 Å². The van der Waals surface area contributed by atoms with Crippen molar-refractivity contribution in [3.05, 3.63) is 48.3 Å². The minimum absolute atomic E-state index is 0.402. The van der Waals surface area contributed by atoms with Gasteiger partial charge in [0.15, 0.2) is 0 Å². The minimum atomic E-state index is -0.402. The van der Waals surface area contributed by atoms with Crippen molar-refractivity contribution in [3.8, 4) is 0 Å². The number of anilines is 1. The maximum absolute atomic E-state index is 10.3. The van der Waals surface area contributed by atoms with Gasteiger partial charge in [-0.15, -0.1) is 0 Å². The third kappa shape index (κ3) is 3.02. The van der Waals surface area contributed by atoms with Gasteiger partial charge < -0.3 is 10.0 Å². The number of nitrogens with zero attached hydrogens (tertiary/aromatic N) is 3. The van der Waals surface area contributed by atoms with E-state index in [0.717, 1.165) is 13.0 Å². The van der Waals surface area contributed by atoms with Crippen molar-refractivity contribution < 1.29 is 5.11 Å². The minimum Gasteiger partial charge on any atom is -0.389 e. The van der Waals surface area contributed by atoms with E-state index in [2.05, 4.69) is 34.3 Å². The molecule has 0 aliphatic carbocycles. The number of aliphatic hydroxyl groups excluding tert-OH is 1. The zero-order chi connectivity index (χ0) is 13.8. The third-order valence-electron chi connectivity index (χ3n) is 3.84. The molecule has 0 saturated heterocycles. The molecular formula is C16H21N3O. The van der Waals surface area contributed by atoms with Crippen molar-refractivity contribution in [2.75, 3.05) is 18.0 Å². The Labute approximate surface area is 119 Å². The van der Waals surface area contributed by atoms with Crippen LogP contribution in [-0.2, 0) is 13.0 Å². The molecule has 2 heterocycles. The van der Waals surface area contributed by atoms with Crippen LogP contribution in [0.4, 0.5) is 5.69 Å². The van der Waals surface area contributed by atoms with E-state index < -0.39 is 6.10 Å². The highest BCUT2D eigenvalue weighted by Gasteiger charge is 2.18. The van der Waals surface area contributed by atoms with Gasteiger partial charge in [-0.05, 0) is 37.0 Å². The molecule has 0 radical (unpaired) electrons. The normalized spacial score (nSPS) is 16.6. The van der Waals surface area contributed by atoms with Gasteiger partial charge in [0.2, 0.25) is 0 Å². The van der Waals surface area contributed by atoms with Crippen molar-refractivity contribution in [1.82, 2.24) is 9.78 Å². The van der Waals surface area contributed by atoms with Gasteiger partial charge in [0.25, 0.3) is 0 Å². The predicted molar refractivity (Wildman–Crippen MR) is 79.8 cm³/mol. The number of aromatic nitrogens is 2. The molecule has 1 N–H and O–H groups in total. The van der Waals surface area contributed by atoms with Gasteiger partial charge in [0.05, 0.1) is 12.6 Å². The Morgan fingerprint density at radius 2 is 2.05 bits per heavy atom. The van der Waals surface area contributed by atoms with Crippen LogP contribution in [0, 0.1) is 0 Å². The second-order valence-corrected chi connectivity index (χ2v) is 5.41. The van der Waals surface area contributed by atoms with Gasteiger partial charge >= 0.3 is 0 Å². The lowest BCUT2D eigenvalue weighted by Crippen LogP contribution is -2.35. The molecule has 0 fully saturated rings. The molecule has 2 aromatic rings. The smallest absolute Gasteiger partial charge is 0.0910 e.